The lowest BCUT2D eigenvalue weighted by Crippen LogP contribution is -2.24. The molecule has 0 spiro atoms. The number of nitrogens with two attached hydrogens (primary N) is 1. The molecule has 2 heterocycles. The molecule has 2 N–H and O–H groups in total. The van der Waals surface area contributed by atoms with Crippen LogP contribution < -0.4 is 5.84 Å². The van der Waals surface area contributed by atoms with Gasteiger partial charge < -0.3 is 5.84 Å². The standard InChI is InChI=1S/C15H18N6S/c1-9-5-6-11-10(7-9)12(18-8-17-11)22-14-20-19-13(21(14)16)15(2,3)4/h5-8H,16H2,1-4H3. The van der Waals surface area contributed by atoms with Gasteiger partial charge in [-0.2, -0.15) is 0 Å². The Morgan fingerprint density at radius 1 is 1.14 bits per heavy atom. The maximum atomic E-state index is 6.14. The second kappa shape index (κ2) is 5.24. The Kier molecular flexibility index (Phi) is 3.52. The van der Waals surface area contributed by atoms with Gasteiger partial charge in [-0.3, -0.25) is 0 Å². The van der Waals surface area contributed by atoms with Crippen LogP contribution in [0.4, 0.5) is 0 Å². The molecule has 0 saturated heterocycles. The monoisotopic (exact) mass is 314 g/mol. The van der Waals surface area contributed by atoms with E-state index >= 15 is 0 Å². The molecule has 0 aliphatic rings. The Morgan fingerprint density at radius 2 is 1.91 bits per heavy atom. The number of hydrogen-bond acceptors (Lipinski definition) is 6. The Hall–Kier alpha value is -2.15. The van der Waals surface area contributed by atoms with Gasteiger partial charge in [0.1, 0.15) is 11.4 Å². The zero-order valence-corrected chi connectivity index (χ0v) is 13.8. The molecule has 0 aliphatic carbocycles. The van der Waals surface area contributed by atoms with Crippen molar-refractivity contribution in [1.29, 1.82) is 0 Å². The summed E-state index contributed by atoms with van der Waals surface area (Å²) >= 11 is 1.40. The summed E-state index contributed by atoms with van der Waals surface area (Å²) in [6, 6.07) is 6.09. The summed E-state index contributed by atoms with van der Waals surface area (Å²) in [6.07, 6.45) is 1.56. The molecule has 0 amide bonds. The second-order valence-corrected chi connectivity index (χ2v) is 7.18. The van der Waals surface area contributed by atoms with E-state index in [0.717, 1.165) is 27.3 Å². The third kappa shape index (κ3) is 2.64. The van der Waals surface area contributed by atoms with Crippen molar-refractivity contribution in [3.63, 3.8) is 0 Å². The number of benzene rings is 1. The maximum absolute atomic E-state index is 6.14. The molecule has 3 rings (SSSR count). The minimum Gasteiger partial charge on any atom is -0.336 e. The highest BCUT2D eigenvalue weighted by Gasteiger charge is 2.23. The first-order valence-corrected chi connectivity index (χ1v) is 7.78. The predicted octanol–water partition coefficient (Wildman–Crippen LogP) is 2.69. The van der Waals surface area contributed by atoms with Gasteiger partial charge in [-0.1, -0.05) is 32.4 Å². The Morgan fingerprint density at radius 3 is 2.59 bits per heavy atom. The first-order chi connectivity index (χ1) is 10.4. The van der Waals surface area contributed by atoms with Crippen LogP contribution in [0.5, 0.6) is 0 Å². The number of nitrogens with zero attached hydrogens (tertiary/aromatic N) is 5. The van der Waals surface area contributed by atoms with Gasteiger partial charge in [-0.25, -0.2) is 14.6 Å². The van der Waals surface area contributed by atoms with Crippen molar-refractivity contribution < 1.29 is 0 Å². The van der Waals surface area contributed by atoms with E-state index in [2.05, 4.69) is 47.0 Å². The number of aromatic nitrogens is 5. The van der Waals surface area contributed by atoms with Crippen LogP contribution in [-0.4, -0.2) is 24.8 Å². The van der Waals surface area contributed by atoms with Crippen molar-refractivity contribution in [2.24, 2.45) is 0 Å². The van der Waals surface area contributed by atoms with E-state index in [1.54, 1.807) is 6.33 Å². The highest BCUT2D eigenvalue weighted by atomic mass is 32.2. The van der Waals surface area contributed by atoms with E-state index < -0.39 is 0 Å². The average Bonchev–Trinajstić information content (AvgIpc) is 2.81. The molecule has 7 heteroatoms. The minimum atomic E-state index is -0.162. The summed E-state index contributed by atoms with van der Waals surface area (Å²) in [5, 5.41) is 10.8. The Bertz CT molecular complexity index is 834. The zero-order chi connectivity index (χ0) is 15.9. The van der Waals surface area contributed by atoms with E-state index in [0.29, 0.717) is 5.16 Å². The third-order valence-corrected chi connectivity index (χ3v) is 4.26. The SMILES string of the molecule is Cc1ccc2ncnc(Sc3nnc(C(C)(C)C)n3N)c2c1. The molecular weight excluding hydrogens is 296 g/mol. The molecule has 0 bridgehead atoms. The van der Waals surface area contributed by atoms with Crippen LogP contribution in [0.15, 0.2) is 34.7 Å². The minimum absolute atomic E-state index is 0.162. The van der Waals surface area contributed by atoms with Crippen molar-refractivity contribution in [1.82, 2.24) is 24.8 Å². The molecule has 6 nitrogen and oxygen atoms in total. The van der Waals surface area contributed by atoms with Crippen LogP contribution in [0, 0.1) is 6.92 Å². The summed E-state index contributed by atoms with van der Waals surface area (Å²) in [7, 11) is 0. The Balaban J connectivity index is 2.04. The normalized spacial score (nSPS) is 12.0. The highest BCUT2D eigenvalue weighted by molar-refractivity contribution is 7.99. The largest absolute Gasteiger partial charge is 0.336 e. The van der Waals surface area contributed by atoms with Crippen molar-refractivity contribution >= 4 is 22.7 Å². The molecule has 114 valence electrons. The van der Waals surface area contributed by atoms with Gasteiger partial charge in [0.2, 0.25) is 5.16 Å². The second-order valence-electron chi connectivity index (χ2n) is 6.23. The summed E-state index contributed by atoms with van der Waals surface area (Å²) in [5.41, 5.74) is 1.90. The predicted molar refractivity (Wildman–Crippen MR) is 87.3 cm³/mol. The number of aryl methyl sites for hydroxylation is 1. The fourth-order valence-electron chi connectivity index (χ4n) is 2.17. The summed E-state index contributed by atoms with van der Waals surface area (Å²) in [6.45, 7) is 8.21. The number of nitrogen functional groups attached to an aromatic ring is 1. The van der Waals surface area contributed by atoms with Gasteiger partial charge in [0, 0.05) is 10.8 Å². The summed E-state index contributed by atoms with van der Waals surface area (Å²) < 4.78 is 1.54. The average molecular weight is 314 g/mol. The summed E-state index contributed by atoms with van der Waals surface area (Å²) in [5.74, 6) is 6.88. The molecule has 0 atom stereocenters. The van der Waals surface area contributed by atoms with E-state index in [1.165, 1.54) is 16.4 Å². The van der Waals surface area contributed by atoms with Gasteiger partial charge in [0.25, 0.3) is 0 Å². The van der Waals surface area contributed by atoms with Crippen molar-refractivity contribution in [2.45, 2.75) is 43.3 Å². The maximum Gasteiger partial charge on any atom is 0.216 e. The van der Waals surface area contributed by atoms with Gasteiger partial charge >= 0.3 is 0 Å². The highest BCUT2D eigenvalue weighted by Crippen LogP contribution is 2.31. The van der Waals surface area contributed by atoms with Crippen LogP contribution >= 0.6 is 11.8 Å². The molecule has 0 radical (unpaired) electrons. The lowest BCUT2D eigenvalue weighted by molar-refractivity contribution is 0.523. The smallest absolute Gasteiger partial charge is 0.216 e. The number of rotatable bonds is 2. The zero-order valence-electron chi connectivity index (χ0n) is 13.0. The van der Waals surface area contributed by atoms with Crippen molar-refractivity contribution in [3.05, 3.63) is 35.9 Å². The van der Waals surface area contributed by atoms with Gasteiger partial charge in [-0.15, -0.1) is 10.2 Å². The fraction of sp³-hybridized carbons (Fsp3) is 0.333. The van der Waals surface area contributed by atoms with E-state index in [1.807, 2.05) is 19.1 Å². The first-order valence-electron chi connectivity index (χ1n) is 6.96. The molecule has 1 aromatic carbocycles. The first kappa shape index (κ1) is 14.8. The van der Waals surface area contributed by atoms with Crippen LogP contribution in [0.3, 0.4) is 0 Å². The molecule has 0 aliphatic heterocycles. The van der Waals surface area contributed by atoms with Crippen molar-refractivity contribution in [2.75, 3.05) is 5.84 Å². The molecular formula is C15H18N6S. The molecule has 0 saturated carbocycles. The molecule has 0 unspecified atom stereocenters. The van der Waals surface area contributed by atoms with Crippen LogP contribution in [0.2, 0.25) is 0 Å². The molecule has 0 fully saturated rings. The van der Waals surface area contributed by atoms with E-state index in [9.17, 15) is 0 Å². The molecule has 2 aromatic heterocycles. The lowest BCUT2D eigenvalue weighted by atomic mass is 9.96. The van der Waals surface area contributed by atoms with Crippen LogP contribution in [0.1, 0.15) is 32.2 Å². The van der Waals surface area contributed by atoms with E-state index in [-0.39, 0.29) is 5.41 Å². The van der Waals surface area contributed by atoms with Crippen LogP contribution in [-0.2, 0) is 5.41 Å². The van der Waals surface area contributed by atoms with Crippen LogP contribution in [0.25, 0.3) is 10.9 Å². The summed E-state index contributed by atoms with van der Waals surface area (Å²) in [4.78, 5) is 8.66. The lowest BCUT2D eigenvalue weighted by Gasteiger charge is -2.16. The topological polar surface area (TPSA) is 82.5 Å². The van der Waals surface area contributed by atoms with Gasteiger partial charge in [0.05, 0.1) is 5.52 Å². The quantitative estimate of drug-likeness (QED) is 0.578. The van der Waals surface area contributed by atoms with Crippen molar-refractivity contribution in [3.8, 4) is 0 Å². The Labute approximate surface area is 133 Å². The molecule has 3 aromatic rings. The molecule has 22 heavy (non-hydrogen) atoms. The fourth-order valence-corrected chi connectivity index (χ4v) is 2.99. The van der Waals surface area contributed by atoms with E-state index in [4.69, 9.17) is 5.84 Å². The third-order valence-electron chi connectivity index (χ3n) is 3.28. The number of fused-ring (bicyclic) bond motifs is 1. The van der Waals surface area contributed by atoms with Gasteiger partial charge in [-0.05, 0) is 30.8 Å². The number of hydrogen-bond donors (Lipinski definition) is 1. The van der Waals surface area contributed by atoms with Gasteiger partial charge in [0.15, 0.2) is 5.82 Å².